The number of carbonyl (C=O) groups excluding carboxylic acids is 1. The predicted molar refractivity (Wildman–Crippen MR) is 103 cm³/mol. The van der Waals surface area contributed by atoms with E-state index in [4.69, 9.17) is 9.47 Å². The molecule has 0 unspecified atom stereocenters. The molecule has 1 saturated carbocycles. The highest BCUT2D eigenvalue weighted by Gasteiger charge is 2.52. The van der Waals surface area contributed by atoms with Gasteiger partial charge >= 0.3 is 6.09 Å². The van der Waals surface area contributed by atoms with Crippen LogP contribution >= 0.6 is 15.9 Å². The molecule has 1 fully saturated rings. The minimum absolute atomic E-state index is 0.275. The van der Waals surface area contributed by atoms with Gasteiger partial charge in [0.15, 0.2) is 0 Å². The van der Waals surface area contributed by atoms with Crippen molar-refractivity contribution in [2.24, 2.45) is 0 Å². The van der Waals surface area contributed by atoms with E-state index >= 15 is 0 Å². The molecule has 2 aliphatic rings. The Hall–Kier alpha value is -1.85. The van der Waals surface area contributed by atoms with E-state index in [1.54, 1.807) is 4.90 Å². The number of amides is 1. The summed E-state index contributed by atoms with van der Waals surface area (Å²) in [5, 5.41) is 0. The van der Waals surface area contributed by atoms with Crippen LogP contribution < -0.4 is 0 Å². The molecule has 5 heteroatoms. The summed E-state index contributed by atoms with van der Waals surface area (Å²) in [7, 11) is 1.84. The topological polar surface area (TPSA) is 38.8 Å². The monoisotopic (exact) mass is 415 g/mol. The fraction of sp³-hybridized carbons (Fsp3) is 0.381. The van der Waals surface area contributed by atoms with Crippen molar-refractivity contribution < 1.29 is 14.3 Å². The molecule has 136 valence electrons. The van der Waals surface area contributed by atoms with Gasteiger partial charge in [0, 0.05) is 11.5 Å². The van der Waals surface area contributed by atoms with Gasteiger partial charge in [0.2, 0.25) is 0 Å². The highest BCUT2D eigenvalue weighted by atomic mass is 79.9. The van der Waals surface area contributed by atoms with E-state index in [-0.39, 0.29) is 11.6 Å². The number of benzene rings is 2. The normalized spacial score (nSPS) is 17.3. The second-order valence-corrected chi connectivity index (χ2v) is 7.94. The summed E-state index contributed by atoms with van der Waals surface area (Å²) in [5.41, 5.74) is 4.47. The van der Waals surface area contributed by atoms with Crippen molar-refractivity contribution in [1.29, 1.82) is 0 Å². The summed E-state index contributed by atoms with van der Waals surface area (Å²) in [6, 6.07) is 14.1. The molecule has 1 aliphatic heterocycles. The zero-order valence-electron chi connectivity index (χ0n) is 14.8. The van der Waals surface area contributed by atoms with Crippen LogP contribution in [0.3, 0.4) is 0 Å². The van der Waals surface area contributed by atoms with E-state index in [0.29, 0.717) is 13.2 Å². The summed E-state index contributed by atoms with van der Waals surface area (Å²) >= 11 is 3.63. The first kappa shape index (κ1) is 17.6. The molecule has 2 aromatic rings. The highest BCUT2D eigenvalue weighted by molar-refractivity contribution is 9.10. The molecule has 1 amide bonds. The molecule has 0 radical (unpaired) electrons. The van der Waals surface area contributed by atoms with Crippen LogP contribution in [0.1, 0.15) is 35.1 Å². The van der Waals surface area contributed by atoms with Crippen molar-refractivity contribution in [3.8, 4) is 0 Å². The van der Waals surface area contributed by atoms with Crippen molar-refractivity contribution in [1.82, 2.24) is 4.90 Å². The van der Waals surface area contributed by atoms with Gasteiger partial charge < -0.3 is 14.4 Å². The van der Waals surface area contributed by atoms with Gasteiger partial charge in [0.1, 0.15) is 6.61 Å². The Morgan fingerprint density at radius 1 is 1.27 bits per heavy atom. The first-order chi connectivity index (χ1) is 12.6. The SMILES string of the molecule is CN(C(=O)OCc1ccccc1)C1(c2cc(Br)cc3c2COCC3)CC1. The third kappa shape index (κ3) is 3.26. The fourth-order valence-corrected chi connectivity index (χ4v) is 4.26. The summed E-state index contributed by atoms with van der Waals surface area (Å²) < 4.78 is 12.3. The molecule has 0 saturated heterocycles. The van der Waals surface area contributed by atoms with Crippen molar-refractivity contribution >= 4 is 22.0 Å². The Kier molecular flexibility index (Phi) is 4.76. The summed E-state index contributed by atoms with van der Waals surface area (Å²) in [6.07, 6.45) is 2.54. The zero-order valence-corrected chi connectivity index (χ0v) is 16.4. The van der Waals surface area contributed by atoms with Crippen LogP contribution in [-0.2, 0) is 34.6 Å². The molecule has 0 N–H and O–H groups in total. The van der Waals surface area contributed by atoms with E-state index in [1.165, 1.54) is 16.7 Å². The number of halogens is 1. The Labute approximate surface area is 162 Å². The molecule has 1 aliphatic carbocycles. The Bertz CT molecular complexity index is 818. The smallest absolute Gasteiger partial charge is 0.410 e. The molecule has 0 aromatic heterocycles. The maximum Gasteiger partial charge on any atom is 0.410 e. The van der Waals surface area contributed by atoms with E-state index in [1.807, 2.05) is 37.4 Å². The zero-order chi connectivity index (χ0) is 18.1. The van der Waals surface area contributed by atoms with Crippen LogP contribution in [0, 0.1) is 0 Å². The number of fused-ring (bicyclic) bond motifs is 1. The minimum atomic E-state index is -0.281. The molecule has 26 heavy (non-hydrogen) atoms. The molecule has 4 rings (SSSR count). The van der Waals surface area contributed by atoms with Gasteiger partial charge in [-0.05, 0) is 53.6 Å². The Balaban J connectivity index is 1.55. The predicted octanol–water partition coefficient (Wildman–Crippen LogP) is 4.78. The Morgan fingerprint density at radius 3 is 2.77 bits per heavy atom. The first-order valence-corrected chi connectivity index (χ1v) is 9.73. The number of hydrogen-bond donors (Lipinski definition) is 0. The molecule has 1 heterocycles. The van der Waals surface area contributed by atoms with E-state index in [9.17, 15) is 4.79 Å². The first-order valence-electron chi connectivity index (χ1n) is 8.94. The van der Waals surface area contributed by atoms with Crippen LogP contribution in [0.25, 0.3) is 0 Å². The van der Waals surface area contributed by atoms with Crippen molar-refractivity contribution in [3.05, 3.63) is 69.2 Å². The lowest BCUT2D eigenvalue weighted by atomic mass is 9.91. The second-order valence-electron chi connectivity index (χ2n) is 7.02. The van der Waals surface area contributed by atoms with E-state index in [0.717, 1.165) is 35.9 Å². The number of hydrogen-bond acceptors (Lipinski definition) is 3. The van der Waals surface area contributed by atoms with Gasteiger partial charge in [-0.25, -0.2) is 4.79 Å². The number of rotatable bonds is 4. The van der Waals surface area contributed by atoms with Gasteiger partial charge in [0.25, 0.3) is 0 Å². The number of carbonyl (C=O) groups is 1. The summed E-state index contributed by atoms with van der Waals surface area (Å²) in [6.45, 7) is 1.66. The quantitative estimate of drug-likeness (QED) is 0.720. The summed E-state index contributed by atoms with van der Waals surface area (Å²) in [4.78, 5) is 14.5. The van der Waals surface area contributed by atoms with Gasteiger partial charge in [-0.15, -0.1) is 0 Å². The average Bonchev–Trinajstić information content (AvgIpc) is 3.47. The van der Waals surface area contributed by atoms with Crippen molar-refractivity contribution in [3.63, 3.8) is 0 Å². The molecular weight excluding hydrogens is 394 g/mol. The van der Waals surface area contributed by atoms with Gasteiger partial charge in [-0.1, -0.05) is 46.3 Å². The Morgan fingerprint density at radius 2 is 2.04 bits per heavy atom. The third-order valence-corrected chi connectivity index (χ3v) is 5.87. The lowest BCUT2D eigenvalue weighted by Crippen LogP contribution is -2.38. The highest BCUT2D eigenvalue weighted by Crippen LogP contribution is 2.53. The van der Waals surface area contributed by atoms with Crippen LogP contribution in [0.4, 0.5) is 4.79 Å². The van der Waals surface area contributed by atoms with Crippen molar-refractivity contribution in [2.45, 2.75) is 38.0 Å². The maximum absolute atomic E-state index is 12.7. The van der Waals surface area contributed by atoms with Gasteiger partial charge in [-0.3, -0.25) is 0 Å². The lowest BCUT2D eigenvalue weighted by molar-refractivity contribution is 0.0827. The van der Waals surface area contributed by atoms with Crippen molar-refractivity contribution in [2.75, 3.05) is 13.7 Å². The van der Waals surface area contributed by atoms with Crippen LogP contribution in [0.5, 0.6) is 0 Å². The van der Waals surface area contributed by atoms with Gasteiger partial charge in [0.05, 0.1) is 18.8 Å². The fourth-order valence-electron chi connectivity index (χ4n) is 3.75. The van der Waals surface area contributed by atoms with E-state index < -0.39 is 0 Å². The number of ether oxygens (including phenoxy) is 2. The van der Waals surface area contributed by atoms with E-state index in [2.05, 4.69) is 28.1 Å². The molecule has 2 aromatic carbocycles. The largest absolute Gasteiger partial charge is 0.445 e. The third-order valence-electron chi connectivity index (χ3n) is 5.42. The lowest BCUT2D eigenvalue weighted by Gasteiger charge is -2.32. The van der Waals surface area contributed by atoms with Crippen LogP contribution in [0.2, 0.25) is 0 Å². The second kappa shape index (κ2) is 7.05. The van der Waals surface area contributed by atoms with Crippen LogP contribution in [0.15, 0.2) is 46.9 Å². The average molecular weight is 416 g/mol. The van der Waals surface area contributed by atoms with Crippen LogP contribution in [-0.4, -0.2) is 24.6 Å². The summed E-state index contributed by atoms with van der Waals surface area (Å²) in [5.74, 6) is 0. The standard InChI is InChI=1S/C21H22BrNO3/c1-23(20(24)26-13-15-5-3-2-4-6-15)21(8-9-21)19-12-17(22)11-16-7-10-25-14-18(16)19/h2-6,11-12H,7-10,13-14H2,1H3. The molecular formula is C21H22BrNO3. The molecule has 0 atom stereocenters. The van der Waals surface area contributed by atoms with Gasteiger partial charge in [-0.2, -0.15) is 0 Å². The number of nitrogens with zero attached hydrogens (tertiary/aromatic N) is 1. The molecule has 0 spiro atoms. The minimum Gasteiger partial charge on any atom is -0.445 e. The maximum atomic E-state index is 12.7. The molecule has 4 nitrogen and oxygen atoms in total. The molecule has 0 bridgehead atoms.